The van der Waals surface area contributed by atoms with Gasteiger partial charge in [-0.1, -0.05) is 26.0 Å². The number of nitrogens with zero attached hydrogens (tertiary/aromatic N) is 1. The molecule has 0 unspecified atom stereocenters. The van der Waals surface area contributed by atoms with Gasteiger partial charge in [0.1, 0.15) is 0 Å². The van der Waals surface area contributed by atoms with Crippen molar-refractivity contribution in [2.45, 2.75) is 26.4 Å². The maximum Gasteiger partial charge on any atom is 0.0399 e. The maximum atomic E-state index is 5.83. The van der Waals surface area contributed by atoms with Gasteiger partial charge >= 0.3 is 0 Å². The van der Waals surface area contributed by atoms with Gasteiger partial charge in [0.05, 0.1) is 0 Å². The fourth-order valence-corrected chi connectivity index (χ4v) is 2.17. The zero-order valence-corrected chi connectivity index (χ0v) is 12.6. The summed E-state index contributed by atoms with van der Waals surface area (Å²) in [6.45, 7) is 6.85. The minimum absolute atomic E-state index is 0.496. The zero-order chi connectivity index (χ0) is 13.4. The summed E-state index contributed by atoms with van der Waals surface area (Å²) < 4.78 is 0. The summed E-state index contributed by atoms with van der Waals surface area (Å²) in [5.74, 6) is 1.23. The summed E-state index contributed by atoms with van der Waals surface area (Å²) >= 11 is 11.7. The highest BCUT2D eigenvalue weighted by molar-refractivity contribution is 6.18. The second kappa shape index (κ2) is 8.63. The molecule has 0 saturated carbocycles. The molecule has 1 aromatic carbocycles. The van der Waals surface area contributed by atoms with E-state index in [0.717, 1.165) is 19.6 Å². The van der Waals surface area contributed by atoms with Gasteiger partial charge in [-0.05, 0) is 17.7 Å². The monoisotopic (exact) mass is 288 g/mol. The van der Waals surface area contributed by atoms with Crippen molar-refractivity contribution >= 4 is 28.9 Å². The Balaban J connectivity index is 2.71. The zero-order valence-electron chi connectivity index (χ0n) is 11.1. The van der Waals surface area contributed by atoms with Crippen molar-refractivity contribution in [1.29, 1.82) is 0 Å². The van der Waals surface area contributed by atoms with Crippen LogP contribution in [0.4, 0.5) is 5.69 Å². The molecule has 1 rings (SSSR count). The van der Waals surface area contributed by atoms with Crippen LogP contribution in [-0.4, -0.2) is 30.9 Å². The van der Waals surface area contributed by atoms with E-state index in [1.54, 1.807) is 0 Å². The van der Waals surface area contributed by atoms with Crippen molar-refractivity contribution < 1.29 is 0 Å². The van der Waals surface area contributed by atoms with Gasteiger partial charge in [-0.3, -0.25) is 0 Å². The highest BCUT2D eigenvalue weighted by Gasteiger charge is 2.06. The Morgan fingerprint density at radius 2 is 1.83 bits per heavy atom. The van der Waals surface area contributed by atoms with E-state index in [0.29, 0.717) is 17.8 Å². The largest absolute Gasteiger partial charge is 0.369 e. The molecule has 1 N–H and O–H groups in total. The van der Waals surface area contributed by atoms with Gasteiger partial charge in [0, 0.05) is 43.1 Å². The number of rotatable bonds is 8. The first kappa shape index (κ1) is 15.6. The molecule has 0 aliphatic rings. The number of alkyl halides is 2. The van der Waals surface area contributed by atoms with Gasteiger partial charge in [0.15, 0.2) is 0 Å². The summed E-state index contributed by atoms with van der Waals surface area (Å²) in [4.78, 5) is 2.22. The lowest BCUT2D eigenvalue weighted by atomic mass is 10.1. The van der Waals surface area contributed by atoms with Crippen molar-refractivity contribution in [3.8, 4) is 0 Å². The molecule has 0 amide bonds. The molecule has 102 valence electrons. The highest BCUT2D eigenvalue weighted by Crippen LogP contribution is 2.16. The summed E-state index contributed by atoms with van der Waals surface area (Å²) in [7, 11) is 0. The molecule has 18 heavy (non-hydrogen) atoms. The van der Waals surface area contributed by atoms with E-state index in [1.807, 2.05) is 0 Å². The van der Waals surface area contributed by atoms with Gasteiger partial charge in [-0.25, -0.2) is 0 Å². The molecule has 0 fully saturated rings. The van der Waals surface area contributed by atoms with Crippen molar-refractivity contribution in [1.82, 2.24) is 5.32 Å². The number of halogens is 2. The van der Waals surface area contributed by atoms with Crippen LogP contribution < -0.4 is 10.2 Å². The summed E-state index contributed by atoms with van der Waals surface area (Å²) in [6, 6.07) is 9.03. The number of hydrogen-bond acceptors (Lipinski definition) is 2. The quantitative estimate of drug-likeness (QED) is 0.737. The van der Waals surface area contributed by atoms with Gasteiger partial charge < -0.3 is 10.2 Å². The van der Waals surface area contributed by atoms with Crippen LogP contribution in [0.3, 0.4) is 0 Å². The minimum Gasteiger partial charge on any atom is -0.369 e. The van der Waals surface area contributed by atoms with Gasteiger partial charge in [0.25, 0.3) is 0 Å². The Morgan fingerprint density at radius 1 is 1.17 bits per heavy atom. The second-order valence-electron chi connectivity index (χ2n) is 4.57. The van der Waals surface area contributed by atoms with Crippen molar-refractivity contribution in [2.75, 3.05) is 29.7 Å². The van der Waals surface area contributed by atoms with E-state index < -0.39 is 0 Å². The molecule has 0 atom stereocenters. The van der Waals surface area contributed by atoms with Crippen LogP contribution in [0.15, 0.2) is 24.3 Å². The fraction of sp³-hybridized carbons (Fsp3) is 0.571. The summed E-state index contributed by atoms with van der Waals surface area (Å²) in [6.07, 6.45) is 0. The van der Waals surface area contributed by atoms with Crippen LogP contribution in [0, 0.1) is 0 Å². The SMILES string of the molecule is CC(C)NCc1cccc(N(CCCl)CCCl)c1. The first-order chi connectivity index (χ1) is 8.67. The standard InChI is InChI=1S/C14H22Cl2N2/c1-12(2)17-11-13-4-3-5-14(10-13)18(8-6-15)9-7-16/h3-5,10,12,17H,6-9,11H2,1-2H3. The van der Waals surface area contributed by atoms with E-state index in [4.69, 9.17) is 23.2 Å². The molecule has 0 aliphatic heterocycles. The fourth-order valence-electron chi connectivity index (χ4n) is 1.76. The van der Waals surface area contributed by atoms with Gasteiger partial charge in [0.2, 0.25) is 0 Å². The minimum atomic E-state index is 0.496. The Hall–Kier alpha value is -0.440. The van der Waals surface area contributed by atoms with Crippen molar-refractivity contribution in [2.24, 2.45) is 0 Å². The van der Waals surface area contributed by atoms with Crippen LogP contribution in [-0.2, 0) is 6.54 Å². The third kappa shape index (κ3) is 5.47. The van der Waals surface area contributed by atoms with Crippen LogP contribution >= 0.6 is 23.2 Å². The van der Waals surface area contributed by atoms with Crippen LogP contribution in [0.5, 0.6) is 0 Å². The smallest absolute Gasteiger partial charge is 0.0399 e. The highest BCUT2D eigenvalue weighted by atomic mass is 35.5. The molecule has 0 saturated heterocycles. The topological polar surface area (TPSA) is 15.3 Å². The molecular formula is C14H22Cl2N2. The van der Waals surface area contributed by atoms with Crippen molar-refractivity contribution in [3.05, 3.63) is 29.8 Å². The first-order valence-electron chi connectivity index (χ1n) is 6.36. The molecule has 1 aromatic rings. The predicted molar refractivity (Wildman–Crippen MR) is 82.1 cm³/mol. The number of hydrogen-bond donors (Lipinski definition) is 1. The van der Waals surface area contributed by atoms with Crippen LogP contribution in [0.1, 0.15) is 19.4 Å². The third-order valence-corrected chi connectivity index (χ3v) is 3.04. The van der Waals surface area contributed by atoms with E-state index in [1.165, 1.54) is 11.3 Å². The Bertz CT molecular complexity index is 336. The molecule has 0 aromatic heterocycles. The molecule has 0 bridgehead atoms. The average Bonchev–Trinajstić information content (AvgIpc) is 2.36. The van der Waals surface area contributed by atoms with Crippen molar-refractivity contribution in [3.63, 3.8) is 0 Å². The lowest BCUT2D eigenvalue weighted by molar-refractivity contribution is 0.589. The first-order valence-corrected chi connectivity index (χ1v) is 7.43. The Morgan fingerprint density at radius 3 is 2.39 bits per heavy atom. The molecule has 4 heteroatoms. The van der Waals surface area contributed by atoms with Gasteiger partial charge in [-0.2, -0.15) is 0 Å². The number of nitrogens with one attached hydrogen (secondary N) is 1. The second-order valence-corrected chi connectivity index (χ2v) is 5.33. The predicted octanol–water partition coefficient (Wildman–Crippen LogP) is 3.47. The number of benzene rings is 1. The van der Waals surface area contributed by atoms with E-state index >= 15 is 0 Å². The molecule has 0 spiro atoms. The third-order valence-electron chi connectivity index (χ3n) is 2.70. The van der Waals surface area contributed by atoms with E-state index in [-0.39, 0.29) is 0 Å². The molecule has 0 radical (unpaired) electrons. The molecule has 0 heterocycles. The molecule has 2 nitrogen and oxygen atoms in total. The molecule has 0 aliphatic carbocycles. The van der Waals surface area contributed by atoms with Crippen LogP contribution in [0.2, 0.25) is 0 Å². The van der Waals surface area contributed by atoms with E-state index in [9.17, 15) is 0 Å². The summed E-state index contributed by atoms with van der Waals surface area (Å²) in [5.41, 5.74) is 2.48. The maximum absolute atomic E-state index is 5.83. The normalized spacial score (nSPS) is 10.9. The lowest BCUT2D eigenvalue weighted by Crippen LogP contribution is -2.28. The lowest BCUT2D eigenvalue weighted by Gasteiger charge is -2.23. The van der Waals surface area contributed by atoms with Crippen LogP contribution in [0.25, 0.3) is 0 Å². The summed E-state index contributed by atoms with van der Waals surface area (Å²) in [5, 5.41) is 3.42. The Labute approximate surface area is 120 Å². The molecular weight excluding hydrogens is 267 g/mol. The average molecular weight is 289 g/mol. The van der Waals surface area contributed by atoms with E-state index in [2.05, 4.69) is 48.3 Å². The number of anilines is 1. The Kier molecular flexibility index (Phi) is 7.48. The van der Waals surface area contributed by atoms with Gasteiger partial charge in [-0.15, -0.1) is 23.2 Å².